The molecule has 0 saturated carbocycles. The highest BCUT2D eigenvalue weighted by molar-refractivity contribution is 6.30. The van der Waals surface area contributed by atoms with Gasteiger partial charge < -0.3 is 10.2 Å². The van der Waals surface area contributed by atoms with E-state index in [1.165, 1.54) is 5.56 Å². The van der Waals surface area contributed by atoms with Crippen molar-refractivity contribution in [3.05, 3.63) is 65.2 Å². The summed E-state index contributed by atoms with van der Waals surface area (Å²) in [7, 11) is 0. The number of benzene rings is 2. The van der Waals surface area contributed by atoms with E-state index in [4.69, 9.17) is 11.6 Å². The van der Waals surface area contributed by atoms with Crippen LogP contribution >= 0.6 is 11.6 Å². The Hall–Kier alpha value is -2.04. The molecule has 2 fully saturated rings. The van der Waals surface area contributed by atoms with Crippen molar-refractivity contribution >= 4 is 23.2 Å². The van der Waals surface area contributed by atoms with Crippen LogP contribution in [-0.4, -0.2) is 36.1 Å². The minimum absolute atomic E-state index is 0.154. The van der Waals surface area contributed by atoms with Gasteiger partial charge in [-0.15, -0.1) is 0 Å². The second-order valence-corrected chi connectivity index (χ2v) is 7.30. The maximum absolute atomic E-state index is 12.7. The van der Waals surface area contributed by atoms with E-state index in [0.29, 0.717) is 11.7 Å². The van der Waals surface area contributed by atoms with E-state index >= 15 is 0 Å². The van der Waals surface area contributed by atoms with Crippen LogP contribution in [0.4, 0.5) is 5.69 Å². The number of halogens is 1. The molecule has 25 heavy (non-hydrogen) atoms. The topological polar surface area (TPSA) is 35.6 Å². The fraction of sp³-hybridized carbons (Fsp3) is 0.350. The first-order valence-corrected chi connectivity index (χ1v) is 9.13. The lowest BCUT2D eigenvalue weighted by molar-refractivity contribution is -0.125. The molecule has 1 amide bonds. The van der Waals surface area contributed by atoms with E-state index in [-0.39, 0.29) is 5.91 Å². The minimum atomic E-state index is -0.430. The Morgan fingerprint density at radius 3 is 2.36 bits per heavy atom. The summed E-state index contributed by atoms with van der Waals surface area (Å²) < 4.78 is 0. The van der Waals surface area contributed by atoms with Crippen LogP contribution in [0.3, 0.4) is 0 Å². The van der Waals surface area contributed by atoms with Gasteiger partial charge in [-0.1, -0.05) is 41.9 Å². The van der Waals surface area contributed by atoms with Gasteiger partial charge >= 0.3 is 0 Å². The molecule has 0 atom stereocenters. The fourth-order valence-electron chi connectivity index (χ4n) is 3.97. The number of nitrogens with zero attached hydrogens (tertiary/aromatic N) is 2. The number of rotatable bonds is 3. The van der Waals surface area contributed by atoms with Crippen molar-refractivity contribution in [2.24, 2.45) is 0 Å². The van der Waals surface area contributed by atoms with E-state index in [2.05, 4.69) is 39.4 Å². The monoisotopic (exact) mass is 355 g/mol. The SMILES string of the molecule is O=C1NCN(c2ccc(Cl)cc2)C12CCN(Cc1ccccc1)CC2. The van der Waals surface area contributed by atoms with Gasteiger partial charge in [0.15, 0.2) is 0 Å². The second kappa shape index (κ2) is 6.70. The molecule has 2 aliphatic rings. The van der Waals surface area contributed by atoms with Crippen LogP contribution in [0.2, 0.25) is 5.02 Å². The molecular formula is C20H22ClN3O. The number of likely N-dealkylation sites (tertiary alicyclic amines) is 1. The van der Waals surface area contributed by atoms with Gasteiger partial charge in [-0.2, -0.15) is 0 Å². The number of carbonyl (C=O) groups is 1. The number of piperidine rings is 1. The molecule has 4 nitrogen and oxygen atoms in total. The van der Waals surface area contributed by atoms with Crippen molar-refractivity contribution in [1.82, 2.24) is 10.2 Å². The summed E-state index contributed by atoms with van der Waals surface area (Å²) in [4.78, 5) is 17.3. The number of anilines is 1. The molecule has 2 aromatic carbocycles. The van der Waals surface area contributed by atoms with Crippen LogP contribution in [0, 0.1) is 0 Å². The molecule has 0 bridgehead atoms. The molecule has 2 saturated heterocycles. The van der Waals surface area contributed by atoms with Gasteiger partial charge in [-0.05, 0) is 42.7 Å². The predicted molar refractivity (Wildman–Crippen MR) is 101 cm³/mol. The van der Waals surface area contributed by atoms with Crippen LogP contribution < -0.4 is 10.2 Å². The van der Waals surface area contributed by atoms with E-state index in [1.807, 2.05) is 30.3 Å². The van der Waals surface area contributed by atoms with Gasteiger partial charge in [0.1, 0.15) is 5.54 Å². The molecule has 2 heterocycles. The molecule has 130 valence electrons. The quantitative estimate of drug-likeness (QED) is 0.917. The molecule has 1 N–H and O–H groups in total. The largest absolute Gasteiger partial charge is 0.339 e. The van der Waals surface area contributed by atoms with E-state index in [0.717, 1.165) is 38.2 Å². The van der Waals surface area contributed by atoms with Gasteiger partial charge in [0.2, 0.25) is 5.91 Å². The summed E-state index contributed by atoms with van der Waals surface area (Å²) in [5.41, 5.74) is 1.95. The summed E-state index contributed by atoms with van der Waals surface area (Å²) in [6, 6.07) is 18.3. The first kappa shape index (κ1) is 16.4. The van der Waals surface area contributed by atoms with Crippen LogP contribution in [-0.2, 0) is 11.3 Å². The van der Waals surface area contributed by atoms with Crippen LogP contribution in [0.5, 0.6) is 0 Å². The highest BCUT2D eigenvalue weighted by atomic mass is 35.5. The number of nitrogens with one attached hydrogen (secondary N) is 1. The van der Waals surface area contributed by atoms with Gasteiger partial charge in [0.25, 0.3) is 0 Å². The second-order valence-electron chi connectivity index (χ2n) is 6.86. The maximum atomic E-state index is 12.7. The summed E-state index contributed by atoms with van der Waals surface area (Å²) in [5, 5.41) is 3.76. The summed E-state index contributed by atoms with van der Waals surface area (Å²) in [6.07, 6.45) is 1.68. The molecule has 2 aliphatic heterocycles. The Labute approximate surface area is 153 Å². The van der Waals surface area contributed by atoms with Crippen molar-refractivity contribution in [3.63, 3.8) is 0 Å². The van der Waals surface area contributed by atoms with E-state index in [1.54, 1.807) is 0 Å². The van der Waals surface area contributed by atoms with Crippen molar-refractivity contribution in [3.8, 4) is 0 Å². The van der Waals surface area contributed by atoms with Gasteiger partial charge in [0, 0.05) is 30.3 Å². The average molecular weight is 356 g/mol. The number of hydrogen-bond donors (Lipinski definition) is 1. The molecule has 0 unspecified atom stereocenters. The molecule has 0 aliphatic carbocycles. The predicted octanol–water partition coefficient (Wildman–Crippen LogP) is 3.27. The Morgan fingerprint density at radius 2 is 1.68 bits per heavy atom. The Bertz CT molecular complexity index is 739. The molecular weight excluding hydrogens is 334 g/mol. The van der Waals surface area contributed by atoms with Crippen molar-refractivity contribution in [2.75, 3.05) is 24.7 Å². The van der Waals surface area contributed by atoms with Crippen molar-refractivity contribution in [1.29, 1.82) is 0 Å². The van der Waals surface area contributed by atoms with Crippen LogP contribution in [0.15, 0.2) is 54.6 Å². The van der Waals surface area contributed by atoms with E-state index < -0.39 is 5.54 Å². The zero-order valence-electron chi connectivity index (χ0n) is 14.1. The molecule has 1 spiro atoms. The standard InChI is InChI=1S/C20H22ClN3O/c21-17-6-8-18(9-7-17)24-15-22-19(25)20(24)10-12-23(13-11-20)14-16-4-2-1-3-5-16/h1-9H,10-15H2,(H,22,25). The zero-order chi connectivity index (χ0) is 17.3. The lowest BCUT2D eigenvalue weighted by atomic mass is 9.85. The average Bonchev–Trinajstić information content (AvgIpc) is 2.95. The first-order chi connectivity index (χ1) is 12.2. The third kappa shape index (κ3) is 3.12. The number of amides is 1. The third-order valence-corrected chi connectivity index (χ3v) is 5.66. The minimum Gasteiger partial charge on any atom is -0.339 e. The van der Waals surface area contributed by atoms with Crippen molar-refractivity contribution in [2.45, 2.75) is 24.9 Å². The van der Waals surface area contributed by atoms with Crippen LogP contribution in [0.25, 0.3) is 0 Å². The Kier molecular flexibility index (Phi) is 4.40. The summed E-state index contributed by atoms with van der Waals surface area (Å²) >= 11 is 6.01. The van der Waals surface area contributed by atoms with Gasteiger partial charge in [-0.3, -0.25) is 9.69 Å². The summed E-state index contributed by atoms with van der Waals surface area (Å²) in [5.74, 6) is 0.154. The first-order valence-electron chi connectivity index (χ1n) is 8.75. The third-order valence-electron chi connectivity index (χ3n) is 5.41. The highest BCUT2D eigenvalue weighted by Crippen LogP contribution is 2.36. The lowest BCUT2D eigenvalue weighted by Crippen LogP contribution is -2.56. The molecule has 2 aromatic rings. The molecule has 0 aromatic heterocycles. The molecule has 4 rings (SSSR count). The Morgan fingerprint density at radius 1 is 1.00 bits per heavy atom. The smallest absolute Gasteiger partial charge is 0.247 e. The highest BCUT2D eigenvalue weighted by Gasteiger charge is 2.50. The van der Waals surface area contributed by atoms with Gasteiger partial charge in [-0.25, -0.2) is 0 Å². The number of carbonyl (C=O) groups excluding carboxylic acids is 1. The normalized spacial score (nSPS) is 20.0. The zero-order valence-corrected chi connectivity index (χ0v) is 14.9. The van der Waals surface area contributed by atoms with Gasteiger partial charge in [0.05, 0.1) is 6.67 Å². The lowest BCUT2D eigenvalue weighted by Gasteiger charge is -2.43. The maximum Gasteiger partial charge on any atom is 0.247 e. The number of hydrogen-bond acceptors (Lipinski definition) is 3. The van der Waals surface area contributed by atoms with Crippen molar-refractivity contribution < 1.29 is 4.79 Å². The van der Waals surface area contributed by atoms with Crippen LogP contribution in [0.1, 0.15) is 18.4 Å². The van der Waals surface area contributed by atoms with E-state index in [9.17, 15) is 4.79 Å². The molecule has 5 heteroatoms. The fourth-order valence-corrected chi connectivity index (χ4v) is 4.09. The summed E-state index contributed by atoms with van der Waals surface area (Å²) in [6.45, 7) is 3.36. The molecule has 0 radical (unpaired) electrons. The Balaban J connectivity index is 1.49.